The minimum Gasteiger partial charge on any atom is -0.314 e. The standard InChI is InChI=1S/C10H21N/c1-3-6-9(4-2)10-7-5-8-11-10/h9-11H,3-8H2,1-2H3. The second-order valence-corrected chi connectivity index (χ2v) is 3.66. The predicted molar refractivity (Wildman–Crippen MR) is 49.7 cm³/mol. The summed E-state index contributed by atoms with van der Waals surface area (Å²) in [6.07, 6.45) is 6.92. The van der Waals surface area contributed by atoms with E-state index in [0.29, 0.717) is 0 Å². The van der Waals surface area contributed by atoms with Crippen LogP contribution in [0.25, 0.3) is 0 Å². The van der Waals surface area contributed by atoms with E-state index in [0.717, 1.165) is 12.0 Å². The van der Waals surface area contributed by atoms with E-state index in [1.165, 1.54) is 38.6 Å². The first-order chi connectivity index (χ1) is 5.38. The summed E-state index contributed by atoms with van der Waals surface area (Å²) < 4.78 is 0. The molecule has 0 radical (unpaired) electrons. The van der Waals surface area contributed by atoms with Crippen LogP contribution in [-0.4, -0.2) is 12.6 Å². The van der Waals surface area contributed by atoms with Crippen molar-refractivity contribution in [1.29, 1.82) is 0 Å². The molecule has 2 atom stereocenters. The van der Waals surface area contributed by atoms with Crippen LogP contribution in [0.4, 0.5) is 0 Å². The summed E-state index contributed by atoms with van der Waals surface area (Å²) in [5.41, 5.74) is 0. The summed E-state index contributed by atoms with van der Waals surface area (Å²) in [5.74, 6) is 0.947. The van der Waals surface area contributed by atoms with Gasteiger partial charge in [0.05, 0.1) is 0 Å². The molecule has 1 aliphatic rings. The third-order valence-electron chi connectivity index (χ3n) is 2.85. The lowest BCUT2D eigenvalue weighted by atomic mass is 9.91. The van der Waals surface area contributed by atoms with E-state index < -0.39 is 0 Å². The molecule has 0 amide bonds. The van der Waals surface area contributed by atoms with Crippen LogP contribution in [0.3, 0.4) is 0 Å². The van der Waals surface area contributed by atoms with E-state index in [4.69, 9.17) is 0 Å². The molecule has 0 aromatic carbocycles. The van der Waals surface area contributed by atoms with Gasteiger partial charge in [-0.3, -0.25) is 0 Å². The molecule has 1 heterocycles. The van der Waals surface area contributed by atoms with Gasteiger partial charge in [-0.15, -0.1) is 0 Å². The molecule has 0 spiro atoms. The number of hydrogen-bond acceptors (Lipinski definition) is 1. The minimum atomic E-state index is 0.847. The second-order valence-electron chi connectivity index (χ2n) is 3.66. The Balaban J connectivity index is 2.27. The Morgan fingerprint density at radius 2 is 2.27 bits per heavy atom. The van der Waals surface area contributed by atoms with Crippen LogP contribution in [0.5, 0.6) is 0 Å². The molecule has 1 nitrogen and oxygen atoms in total. The quantitative estimate of drug-likeness (QED) is 0.658. The second kappa shape index (κ2) is 4.76. The van der Waals surface area contributed by atoms with Crippen LogP contribution >= 0.6 is 0 Å². The van der Waals surface area contributed by atoms with Gasteiger partial charge in [-0.05, 0) is 31.7 Å². The highest BCUT2D eigenvalue weighted by Crippen LogP contribution is 2.21. The van der Waals surface area contributed by atoms with Gasteiger partial charge in [0.15, 0.2) is 0 Å². The molecule has 2 unspecified atom stereocenters. The highest BCUT2D eigenvalue weighted by molar-refractivity contribution is 4.80. The van der Waals surface area contributed by atoms with Gasteiger partial charge in [0.2, 0.25) is 0 Å². The van der Waals surface area contributed by atoms with E-state index >= 15 is 0 Å². The molecular weight excluding hydrogens is 134 g/mol. The van der Waals surface area contributed by atoms with Crippen molar-refractivity contribution >= 4 is 0 Å². The Kier molecular flexibility index (Phi) is 3.92. The molecule has 1 fully saturated rings. The first kappa shape index (κ1) is 9.05. The van der Waals surface area contributed by atoms with Gasteiger partial charge in [-0.1, -0.05) is 26.7 Å². The molecule has 1 rings (SSSR count). The number of hydrogen-bond donors (Lipinski definition) is 1. The summed E-state index contributed by atoms with van der Waals surface area (Å²) in [7, 11) is 0. The van der Waals surface area contributed by atoms with E-state index in [2.05, 4.69) is 19.2 Å². The molecule has 0 aliphatic carbocycles. The van der Waals surface area contributed by atoms with E-state index in [-0.39, 0.29) is 0 Å². The number of rotatable bonds is 4. The smallest absolute Gasteiger partial charge is 0.00956 e. The van der Waals surface area contributed by atoms with Crippen molar-refractivity contribution in [2.24, 2.45) is 5.92 Å². The van der Waals surface area contributed by atoms with Crippen molar-refractivity contribution in [2.45, 2.75) is 52.0 Å². The Labute approximate surface area is 70.6 Å². The van der Waals surface area contributed by atoms with Crippen LogP contribution in [0.1, 0.15) is 46.0 Å². The van der Waals surface area contributed by atoms with Crippen LogP contribution in [0.15, 0.2) is 0 Å². The lowest BCUT2D eigenvalue weighted by Crippen LogP contribution is -2.29. The van der Waals surface area contributed by atoms with Gasteiger partial charge in [0.1, 0.15) is 0 Å². The maximum atomic E-state index is 3.59. The normalized spacial score (nSPS) is 27.3. The average Bonchev–Trinajstić information content (AvgIpc) is 2.52. The Bertz CT molecular complexity index is 95.0. The third kappa shape index (κ3) is 2.48. The van der Waals surface area contributed by atoms with Gasteiger partial charge in [0.25, 0.3) is 0 Å². The van der Waals surface area contributed by atoms with Crippen molar-refractivity contribution in [2.75, 3.05) is 6.54 Å². The summed E-state index contributed by atoms with van der Waals surface area (Å²) in [5, 5.41) is 3.59. The average molecular weight is 155 g/mol. The van der Waals surface area contributed by atoms with Crippen molar-refractivity contribution in [3.05, 3.63) is 0 Å². The highest BCUT2D eigenvalue weighted by Gasteiger charge is 2.21. The summed E-state index contributed by atoms with van der Waals surface area (Å²) in [4.78, 5) is 0. The zero-order valence-electron chi connectivity index (χ0n) is 7.90. The van der Waals surface area contributed by atoms with Gasteiger partial charge < -0.3 is 5.32 Å². The van der Waals surface area contributed by atoms with Crippen LogP contribution in [-0.2, 0) is 0 Å². The van der Waals surface area contributed by atoms with Gasteiger partial charge in [0, 0.05) is 6.04 Å². The molecule has 0 aromatic heterocycles. The Morgan fingerprint density at radius 1 is 1.45 bits per heavy atom. The van der Waals surface area contributed by atoms with Crippen LogP contribution in [0.2, 0.25) is 0 Å². The first-order valence-electron chi connectivity index (χ1n) is 5.11. The van der Waals surface area contributed by atoms with Crippen molar-refractivity contribution in [1.82, 2.24) is 5.32 Å². The molecule has 1 heteroatoms. The molecule has 1 N–H and O–H groups in total. The largest absolute Gasteiger partial charge is 0.314 e. The molecule has 66 valence electrons. The van der Waals surface area contributed by atoms with Gasteiger partial charge in [-0.2, -0.15) is 0 Å². The Hall–Kier alpha value is -0.0400. The lowest BCUT2D eigenvalue weighted by molar-refractivity contribution is 0.352. The molecular formula is C10H21N. The third-order valence-corrected chi connectivity index (χ3v) is 2.85. The van der Waals surface area contributed by atoms with E-state index in [1.807, 2.05) is 0 Å². The molecule has 11 heavy (non-hydrogen) atoms. The fraction of sp³-hybridized carbons (Fsp3) is 1.00. The zero-order chi connectivity index (χ0) is 8.10. The van der Waals surface area contributed by atoms with Crippen molar-refractivity contribution in [3.8, 4) is 0 Å². The van der Waals surface area contributed by atoms with Crippen LogP contribution < -0.4 is 5.32 Å². The predicted octanol–water partition coefficient (Wildman–Crippen LogP) is 2.56. The van der Waals surface area contributed by atoms with Crippen LogP contribution in [0, 0.1) is 5.92 Å². The van der Waals surface area contributed by atoms with E-state index in [1.54, 1.807) is 0 Å². The lowest BCUT2D eigenvalue weighted by Gasteiger charge is -2.21. The summed E-state index contributed by atoms with van der Waals surface area (Å²) >= 11 is 0. The SMILES string of the molecule is CCCC(CC)C1CCCN1. The maximum absolute atomic E-state index is 3.59. The maximum Gasteiger partial charge on any atom is 0.00956 e. The van der Waals surface area contributed by atoms with Gasteiger partial charge in [-0.25, -0.2) is 0 Å². The monoisotopic (exact) mass is 155 g/mol. The zero-order valence-corrected chi connectivity index (χ0v) is 7.90. The fourth-order valence-corrected chi connectivity index (χ4v) is 2.17. The van der Waals surface area contributed by atoms with E-state index in [9.17, 15) is 0 Å². The molecule has 1 aliphatic heterocycles. The molecule has 0 saturated carbocycles. The van der Waals surface area contributed by atoms with Gasteiger partial charge >= 0.3 is 0 Å². The first-order valence-corrected chi connectivity index (χ1v) is 5.11. The summed E-state index contributed by atoms with van der Waals surface area (Å²) in [6.45, 7) is 5.86. The topological polar surface area (TPSA) is 12.0 Å². The number of nitrogens with one attached hydrogen (secondary N) is 1. The highest BCUT2D eigenvalue weighted by atomic mass is 14.9. The van der Waals surface area contributed by atoms with Crippen molar-refractivity contribution in [3.63, 3.8) is 0 Å². The Morgan fingerprint density at radius 3 is 2.73 bits per heavy atom. The molecule has 1 saturated heterocycles. The minimum absolute atomic E-state index is 0.847. The summed E-state index contributed by atoms with van der Waals surface area (Å²) in [6, 6.07) is 0.847. The fourth-order valence-electron chi connectivity index (χ4n) is 2.17. The van der Waals surface area contributed by atoms with Crippen molar-refractivity contribution < 1.29 is 0 Å². The molecule has 0 aromatic rings. The molecule has 0 bridgehead atoms.